The highest BCUT2D eigenvalue weighted by molar-refractivity contribution is 7.92. The monoisotopic (exact) mass is 455 g/mol. The molecule has 2 aromatic rings. The molecule has 0 saturated carbocycles. The van der Waals surface area contributed by atoms with Gasteiger partial charge in [0.15, 0.2) is 17.3 Å². The number of alkyl halides is 3. The van der Waals surface area contributed by atoms with Crippen molar-refractivity contribution in [2.24, 2.45) is 5.92 Å². The number of halogens is 3. The topological polar surface area (TPSA) is 72.9 Å². The van der Waals surface area contributed by atoms with Crippen LogP contribution in [0.5, 0.6) is 11.5 Å². The number of piperidine rings is 1. The summed E-state index contributed by atoms with van der Waals surface area (Å²) in [4.78, 5) is 13.8. The Labute approximate surface area is 177 Å². The summed E-state index contributed by atoms with van der Waals surface area (Å²) in [5, 5.41) is 0. The molecule has 2 aliphatic heterocycles. The van der Waals surface area contributed by atoms with E-state index in [0.29, 0.717) is 43.1 Å². The summed E-state index contributed by atoms with van der Waals surface area (Å²) >= 11 is 0. The van der Waals surface area contributed by atoms with Gasteiger partial charge in [-0.25, -0.2) is 8.42 Å². The number of fused-ring (bicyclic) bond motifs is 1. The van der Waals surface area contributed by atoms with Crippen molar-refractivity contribution in [2.75, 3.05) is 31.2 Å². The molecule has 0 N–H and O–H groups in total. The molecular formula is C21H20F3NO5S. The van der Waals surface area contributed by atoms with E-state index in [9.17, 15) is 26.4 Å². The summed E-state index contributed by atoms with van der Waals surface area (Å²) in [5.74, 6) is 0.707. The van der Waals surface area contributed by atoms with E-state index in [1.165, 1.54) is 18.2 Å². The fourth-order valence-corrected chi connectivity index (χ4v) is 4.86. The van der Waals surface area contributed by atoms with Crippen molar-refractivity contribution in [1.82, 2.24) is 0 Å². The number of nitrogens with zero attached hydrogens (tertiary/aromatic N) is 1. The van der Waals surface area contributed by atoms with Gasteiger partial charge in [-0.1, -0.05) is 12.1 Å². The van der Waals surface area contributed by atoms with Gasteiger partial charge in [0.05, 0.1) is 10.6 Å². The molecule has 0 spiro atoms. The summed E-state index contributed by atoms with van der Waals surface area (Å²) in [6.45, 7) is 1.39. The van der Waals surface area contributed by atoms with Crippen LogP contribution in [0.1, 0.15) is 23.2 Å². The van der Waals surface area contributed by atoms with Gasteiger partial charge in [0, 0.05) is 24.6 Å². The van der Waals surface area contributed by atoms with Crippen LogP contribution in [0.4, 0.5) is 18.9 Å². The molecular weight excluding hydrogens is 435 g/mol. The lowest BCUT2D eigenvalue weighted by atomic mass is 9.88. The Morgan fingerprint density at radius 2 is 1.61 bits per heavy atom. The van der Waals surface area contributed by atoms with Crippen molar-refractivity contribution in [3.8, 4) is 11.5 Å². The lowest BCUT2D eigenvalue weighted by Crippen LogP contribution is -2.37. The Hall–Kier alpha value is -2.75. The third-order valence-electron chi connectivity index (χ3n) is 5.49. The number of carbonyl (C=O) groups excluding carboxylic acids is 1. The molecule has 10 heteroatoms. The van der Waals surface area contributed by atoms with Crippen molar-refractivity contribution in [3.63, 3.8) is 0 Å². The van der Waals surface area contributed by atoms with Crippen LogP contribution in [-0.2, 0) is 9.84 Å². The van der Waals surface area contributed by atoms with E-state index >= 15 is 0 Å². The van der Waals surface area contributed by atoms with E-state index in [2.05, 4.69) is 0 Å². The first-order valence-electron chi connectivity index (χ1n) is 9.77. The molecule has 2 heterocycles. The van der Waals surface area contributed by atoms with Crippen LogP contribution in [0.2, 0.25) is 0 Å². The Bertz CT molecular complexity index is 1090. The molecule has 0 bridgehead atoms. The first-order chi connectivity index (χ1) is 14.7. The molecule has 6 nitrogen and oxygen atoms in total. The van der Waals surface area contributed by atoms with Crippen LogP contribution in [0.25, 0.3) is 0 Å². The number of rotatable bonds is 4. The number of para-hydroxylation sites is 1. The van der Waals surface area contributed by atoms with E-state index in [-0.39, 0.29) is 30.5 Å². The lowest BCUT2D eigenvalue weighted by molar-refractivity contribution is -0.0435. The number of anilines is 1. The highest BCUT2D eigenvalue weighted by Crippen LogP contribution is 2.38. The molecule has 4 rings (SSSR count). The number of ketones is 1. The van der Waals surface area contributed by atoms with Crippen molar-refractivity contribution in [3.05, 3.63) is 48.0 Å². The fourth-order valence-electron chi connectivity index (χ4n) is 3.89. The zero-order chi connectivity index (χ0) is 22.2. The second-order valence-corrected chi connectivity index (χ2v) is 9.31. The summed E-state index contributed by atoms with van der Waals surface area (Å²) in [6, 6.07) is 10.1. The minimum atomic E-state index is -5.47. The summed E-state index contributed by atoms with van der Waals surface area (Å²) in [6.07, 6.45) is 0.793. The smallest absolute Gasteiger partial charge is 0.486 e. The van der Waals surface area contributed by atoms with Crippen LogP contribution in [0.15, 0.2) is 47.4 Å². The molecule has 0 atom stereocenters. The highest BCUT2D eigenvalue weighted by Gasteiger charge is 2.48. The number of carbonyl (C=O) groups is 1. The summed E-state index contributed by atoms with van der Waals surface area (Å²) < 4.78 is 74.1. The lowest BCUT2D eigenvalue weighted by Gasteiger charge is -2.34. The second-order valence-electron chi connectivity index (χ2n) is 7.40. The van der Waals surface area contributed by atoms with Gasteiger partial charge in [-0.2, -0.15) is 13.2 Å². The Morgan fingerprint density at radius 3 is 2.29 bits per heavy atom. The number of hydrogen-bond donors (Lipinski definition) is 0. The molecule has 1 saturated heterocycles. The van der Waals surface area contributed by atoms with Crippen molar-refractivity contribution in [1.29, 1.82) is 0 Å². The number of ether oxygens (including phenoxy) is 2. The Balaban J connectivity index is 1.49. The normalized spacial score (nSPS) is 17.5. The number of hydrogen-bond acceptors (Lipinski definition) is 6. The third-order valence-corrected chi connectivity index (χ3v) is 7.03. The van der Waals surface area contributed by atoms with Crippen LogP contribution in [0.3, 0.4) is 0 Å². The van der Waals surface area contributed by atoms with Crippen LogP contribution < -0.4 is 14.4 Å². The molecule has 2 aliphatic rings. The number of sulfone groups is 1. The van der Waals surface area contributed by atoms with Crippen LogP contribution in [0, 0.1) is 5.92 Å². The minimum Gasteiger partial charge on any atom is -0.486 e. The van der Waals surface area contributed by atoms with Gasteiger partial charge in [-0.05, 0) is 43.2 Å². The van der Waals surface area contributed by atoms with Crippen LogP contribution in [-0.4, -0.2) is 46.0 Å². The molecule has 0 amide bonds. The predicted molar refractivity (Wildman–Crippen MR) is 106 cm³/mol. The van der Waals surface area contributed by atoms with Gasteiger partial charge in [0.25, 0.3) is 9.84 Å². The molecule has 0 aromatic heterocycles. The van der Waals surface area contributed by atoms with Crippen molar-refractivity contribution >= 4 is 21.3 Å². The molecule has 0 aliphatic carbocycles. The molecule has 2 aromatic carbocycles. The molecule has 0 unspecified atom stereocenters. The number of benzene rings is 2. The zero-order valence-electron chi connectivity index (χ0n) is 16.4. The van der Waals surface area contributed by atoms with Crippen LogP contribution >= 0.6 is 0 Å². The maximum atomic E-state index is 13.1. The van der Waals surface area contributed by atoms with E-state index in [1.807, 2.05) is 0 Å². The third kappa shape index (κ3) is 4.08. The SMILES string of the molecule is O=C(c1ccc2c(c1)OCCO2)C1CCN(c2ccccc2S(=O)(=O)C(F)(F)F)CC1. The van der Waals surface area contributed by atoms with E-state index in [0.717, 1.165) is 6.07 Å². The van der Waals surface area contributed by atoms with Crippen molar-refractivity contribution < 1.29 is 35.9 Å². The van der Waals surface area contributed by atoms with Gasteiger partial charge < -0.3 is 14.4 Å². The first-order valence-corrected chi connectivity index (χ1v) is 11.3. The number of Topliss-reactive ketones (excluding diaryl/α,β-unsaturated/α-hetero) is 1. The molecule has 1 fully saturated rings. The average molecular weight is 455 g/mol. The van der Waals surface area contributed by atoms with Gasteiger partial charge in [0.2, 0.25) is 0 Å². The average Bonchev–Trinajstić information content (AvgIpc) is 2.77. The van der Waals surface area contributed by atoms with Gasteiger partial charge in [0.1, 0.15) is 13.2 Å². The van der Waals surface area contributed by atoms with Gasteiger partial charge in [-0.15, -0.1) is 0 Å². The predicted octanol–water partition coefficient (Wildman–Crippen LogP) is 3.85. The Morgan fingerprint density at radius 1 is 0.968 bits per heavy atom. The standard InChI is InChI=1S/C21H20F3NO5S/c22-21(23,24)31(27,28)19-4-2-1-3-16(19)25-9-7-14(8-10-25)20(26)15-5-6-17-18(13-15)30-12-11-29-17/h1-6,13-14H,7-12H2. The largest absolute Gasteiger partial charge is 0.501 e. The molecule has 31 heavy (non-hydrogen) atoms. The quantitative estimate of drug-likeness (QED) is 0.653. The van der Waals surface area contributed by atoms with Gasteiger partial charge in [-0.3, -0.25) is 4.79 Å². The van der Waals surface area contributed by atoms with Crippen molar-refractivity contribution in [2.45, 2.75) is 23.2 Å². The van der Waals surface area contributed by atoms with E-state index in [4.69, 9.17) is 9.47 Å². The Kier molecular flexibility index (Phi) is 5.59. The van der Waals surface area contributed by atoms with E-state index in [1.54, 1.807) is 23.1 Å². The van der Waals surface area contributed by atoms with E-state index < -0.39 is 20.2 Å². The summed E-state index contributed by atoms with van der Waals surface area (Å²) in [5.41, 5.74) is -4.89. The second kappa shape index (κ2) is 8.07. The highest BCUT2D eigenvalue weighted by atomic mass is 32.2. The fraction of sp³-hybridized carbons (Fsp3) is 0.381. The zero-order valence-corrected chi connectivity index (χ0v) is 17.2. The maximum Gasteiger partial charge on any atom is 0.501 e. The minimum absolute atomic E-state index is 0.00468. The van der Waals surface area contributed by atoms with Gasteiger partial charge >= 0.3 is 5.51 Å². The molecule has 166 valence electrons. The maximum absolute atomic E-state index is 13.1. The first kappa shape index (κ1) is 21.5. The molecule has 0 radical (unpaired) electrons. The summed E-state index contributed by atoms with van der Waals surface area (Å²) in [7, 11) is -5.47.